The van der Waals surface area contributed by atoms with Crippen LogP contribution in [0.15, 0.2) is 42.9 Å². The van der Waals surface area contributed by atoms with Crippen molar-refractivity contribution in [1.82, 2.24) is 19.9 Å². The van der Waals surface area contributed by atoms with Gasteiger partial charge in [0.15, 0.2) is 0 Å². The Morgan fingerprint density at radius 1 is 1.12 bits per heavy atom. The van der Waals surface area contributed by atoms with Gasteiger partial charge in [-0.05, 0) is 43.0 Å². The number of nitrogens with one attached hydrogen (secondary N) is 1. The minimum atomic E-state index is -0.261. The number of nitrogens with zero attached hydrogens (tertiary/aromatic N) is 4. The van der Waals surface area contributed by atoms with Crippen LogP contribution >= 0.6 is 0 Å². The topological polar surface area (TPSA) is 57.7 Å². The second-order valence-electron chi connectivity index (χ2n) is 6.55. The van der Waals surface area contributed by atoms with Crippen LogP contribution in [0.3, 0.4) is 0 Å². The molecule has 5 nitrogen and oxygen atoms in total. The van der Waals surface area contributed by atoms with Crippen molar-refractivity contribution in [2.75, 3.05) is 18.0 Å². The van der Waals surface area contributed by atoms with Gasteiger partial charge < -0.3 is 9.88 Å². The summed E-state index contributed by atoms with van der Waals surface area (Å²) in [5.41, 5.74) is 2.42. The highest BCUT2D eigenvalue weighted by molar-refractivity contribution is 5.77. The van der Waals surface area contributed by atoms with Gasteiger partial charge in [-0.1, -0.05) is 6.92 Å². The lowest BCUT2D eigenvalue weighted by atomic mass is 9.99. The zero-order chi connectivity index (χ0) is 17.2. The average Bonchev–Trinajstić information content (AvgIpc) is 3.17. The van der Waals surface area contributed by atoms with Gasteiger partial charge in [0.2, 0.25) is 5.95 Å². The molecule has 3 aromatic rings. The van der Waals surface area contributed by atoms with Crippen molar-refractivity contribution < 1.29 is 4.39 Å². The second kappa shape index (κ2) is 6.63. The van der Waals surface area contributed by atoms with E-state index in [0.717, 1.165) is 54.6 Å². The molecule has 0 spiro atoms. The summed E-state index contributed by atoms with van der Waals surface area (Å²) in [6, 6.07) is 6.38. The van der Waals surface area contributed by atoms with Crippen molar-refractivity contribution in [3.8, 4) is 22.6 Å². The summed E-state index contributed by atoms with van der Waals surface area (Å²) in [5.74, 6) is 1.91. The molecule has 1 aliphatic heterocycles. The highest BCUT2D eigenvalue weighted by Crippen LogP contribution is 2.30. The lowest BCUT2D eigenvalue weighted by Gasteiger charge is -2.30. The third-order valence-corrected chi connectivity index (χ3v) is 4.71. The van der Waals surface area contributed by atoms with E-state index in [1.807, 2.05) is 0 Å². The fourth-order valence-electron chi connectivity index (χ4n) is 3.15. The summed E-state index contributed by atoms with van der Waals surface area (Å²) >= 11 is 0. The number of piperidine rings is 1. The van der Waals surface area contributed by atoms with Crippen molar-refractivity contribution in [3.63, 3.8) is 0 Å². The van der Waals surface area contributed by atoms with Crippen molar-refractivity contribution in [2.24, 2.45) is 5.92 Å². The minimum absolute atomic E-state index is 0.261. The summed E-state index contributed by atoms with van der Waals surface area (Å²) in [6.07, 6.45) is 7.57. The standard InChI is InChI=1S/C19H20FN5/c1-13-6-10-25(11-7-13)19-23-12-16(18-21-8-9-22-18)17(24-19)14-2-4-15(20)5-3-14/h2-5,8-9,12-13H,6-7,10-11H2,1H3,(H,21,22). The fraction of sp³-hybridized carbons (Fsp3) is 0.316. The molecule has 1 aromatic carbocycles. The number of halogens is 1. The zero-order valence-corrected chi connectivity index (χ0v) is 14.1. The van der Waals surface area contributed by atoms with Gasteiger partial charge in [-0.15, -0.1) is 0 Å². The molecule has 6 heteroatoms. The Kier molecular flexibility index (Phi) is 4.17. The van der Waals surface area contributed by atoms with Gasteiger partial charge >= 0.3 is 0 Å². The molecule has 0 aliphatic carbocycles. The van der Waals surface area contributed by atoms with E-state index in [2.05, 4.69) is 26.8 Å². The van der Waals surface area contributed by atoms with E-state index in [9.17, 15) is 4.39 Å². The maximum absolute atomic E-state index is 13.3. The van der Waals surface area contributed by atoms with Gasteiger partial charge in [0.1, 0.15) is 11.6 Å². The second-order valence-corrected chi connectivity index (χ2v) is 6.55. The molecule has 1 aliphatic rings. The minimum Gasteiger partial charge on any atom is -0.345 e. The molecule has 0 amide bonds. The number of rotatable bonds is 3. The predicted molar refractivity (Wildman–Crippen MR) is 95.6 cm³/mol. The Balaban J connectivity index is 1.77. The average molecular weight is 337 g/mol. The maximum Gasteiger partial charge on any atom is 0.225 e. The quantitative estimate of drug-likeness (QED) is 0.787. The summed E-state index contributed by atoms with van der Waals surface area (Å²) < 4.78 is 13.3. The predicted octanol–water partition coefficient (Wildman–Crippen LogP) is 3.91. The molecule has 0 atom stereocenters. The molecule has 2 aromatic heterocycles. The van der Waals surface area contributed by atoms with E-state index in [0.29, 0.717) is 5.82 Å². The highest BCUT2D eigenvalue weighted by Gasteiger charge is 2.20. The zero-order valence-electron chi connectivity index (χ0n) is 14.1. The van der Waals surface area contributed by atoms with Crippen molar-refractivity contribution in [2.45, 2.75) is 19.8 Å². The van der Waals surface area contributed by atoms with Crippen LogP contribution in [0.1, 0.15) is 19.8 Å². The van der Waals surface area contributed by atoms with Gasteiger partial charge in [-0.2, -0.15) is 0 Å². The number of hydrogen-bond acceptors (Lipinski definition) is 4. The van der Waals surface area contributed by atoms with Gasteiger partial charge in [0.05, 0.1) is 11.3 Å². The van der Waals surface area contributed by atoms with Crippen LogP contribution in [0.2, 0.25) is 0 Å². The largest absolute Gasteiger partial charge is 0.345 e. The summed E-state index contributed by atoms with van der Waals surface area (Å²) in [6.45, 7) is 4.20. The maximum atomic E-state index is 13.3. The molecule has 25 heavy (non-hydrogen) atoms. The Bertz CT molecular complexity index is 837. The van der Waals surface area contributed by atoms with Gasteiger partial charge in [0, 0.05) is 37.2 Å². The van der Waals surface area contributed by atoms with Crippen molar-refractivity contribution in [3.05, 3.63) is 48.7 Å². The van der Waals surface area contributed by atoms with Crippen LogP contribution in [0.4, 0.5) is 10.3 Å². The molecule has 0 saturated carbocycles. The first kappa shape index (κ1) is 15.7. The van der Waals surface area contributed by atoms with Crippen LogP contribution in [0.25, 0.3) is 22.6 Å². The monoisotopic (exact) mass is 337 g/mol. The molecule has 1 saturated heterocycles. The molecule has 4 rings (SSSR count). The van der Waals surface area contributed by atoms with E-state index in [4.69, 9.17) is 4.98 Å². The van der Waals surface area contributed by atoms with Crippen LogP contribution in [0.5, 0.6) is 0 Å². The smallest absolute Gasteiger partial charge is 0.225 e. The third kappa shape index (κ3) is 3.24. The van der Waals surface area contributed by atoms with Gasteiger partial charge in [0.25, 0.3) is 0 Å². The van der Waals surface area contributed by atoms with Crippen molar-refractivity contribution in [1.29, 1.82) is 0 Å². The Labute approximate surface area is 146 Å². The number of aromatic nitrogens is 4. The number of benzene rings is 1. The first-order valence-electron chi connectivity index (χ1n) is 8.58. The van der Waals surface area contributed by atoms with Gasteiger partial charge in [-0.25, -0.2) is 19.3 Å². The summed E-state index contributed by atoms with van der Waals surface area (Å²) in [4.78, 5) is 19.0. The number of imidazole rings is 1. The Morgan fingerprint density at radius 3 is 2.56 bits per heavy atom. The van der Waals surface area contributed by atoms with Crippen LogP contribution in [-0.4, -0.2) is 33.0 Å². The number of aromatic amines is 1. The first-order chi connectivity index (χ1) is 12.2. The molecule has 0 bridgehead atoms. The SMILES string of the molecule is CC1CCN(c2ncc(-c3ncc[nH]3)c(-c3ccc(F)cc3)n2)CC1. The Hall–Kier alpha value is -2.76. The van der Waals surface area contributed by atoms with E-state index in [-0.39, 0.29) is 5.82 Å². The van der Waals surface area contributed by atoms with Gasteiger partial charge in [-0.3, -0.25) is 0 Å². The van der Waals surface area contributed by atoms with Crippen LogP contribution < -0.4 is 4.90 Å². The molecule has 3 heterocycles. The number of hydrogen-bond donors (Lipinski definition) is 1. The molecular weight excluding hydrogens is 317 g/mol. The van der Waals surface area contributed by atoms with Crippen LogP contribution in [0, 0.1) is 11.7 Å². The molecule has 1 N–H and O–H groups in total. The molecular formula is C19H20FN5. The van der Waals surface area contributed by atoms with Crippen LogP contribution in [-0.2, 0) is 0 Å². The fourth-order valence-corrected chi connectivity index (χ4v) is 3.15. The lowest BCUT2D eigenvalue weighted by Crippen LogP contribution is -2.34. The van der Waals surface area contributed by atoms with E-state index in [1.165, 1.54) is 12.1 Å². The van der Waals surface area contributed by atoms with E-state index >= 15 is 0 Å². The first-order valence-corrected chi connectivity index (χ1v) is 8.58. The lowest BCUT2D eigenvalue weighted by molar-refractivity contribution is 0.434. The Morgan fingerprint density at radius 2 is 1.88 bits per heavy atom. The highest BCUT2D eigenvalue weighted by atomic mass is 19.1. The summed E-state index contributed by atoms with van der Waals surface area (Å²) in [7, 11) is 0. The number of anilines is 1. The number of H-pyrrole nitrogens is 1. The normalized spacial score (nSPS) is 15.5. The third-order valence-electron chi connectivity index (χ3n) is 4.71. The van der Waals surface area contributed by atoms with E-state index in [1.54, 1.807) is 30.7 Å². The van der Waals surface area contributed by atoms with E-state index < -0.39 is 0 Å². The molecule has 0 radical (unpaired) electrons. The summed E-state index contributed by atoms with van der Waals surface area (Å²) in [5, 5.41) is 0. The molecule has 0 unspecified atom stereocenters. The molecule has 1 fully saturated rings. The molecule has 128 valence electrons. The van der Waals surface area contributed by atoms with Crippen molar-refractivity contribution >= 4 is 5.95 Å².